The second kappa shape index (κ2) is 6.62. The summed E-state index contributed by atoms with van der Waals surface area (Å²) in [6.45, 7) is 4.92. The molecule has 0 bridgehead atoms. The van der Waals surface area contributed by atoms with Crippen molar-refractivity contribution in [1.82, 2.24) is 15.1 Å². The number of hydrogen-bond donors (Lipinski definition) is 1. The van der Waals surface area contributed by atoms with E-state index >= 15 is 0 Å². The van der Waals surface area contributed by atoms with Gasteiger partial charge in [-0.05, 0) is 25.1 Å². The molecule has 1 fully saturated rings. The van der Waals surface area contributed by atoms with E-state index < -0.39 is 0 Å². The zero-order chi connectivity index (χ0) is 15.4. The highest BCUT2D eigenvalue weighted by Gasteiger charge is 2.21. The molecule has 1 saturated heterocycles. The van der Waals surface area contributed by atoms with Crippen LogP contribution in [0.3, 0.4) is 0 Å². The van der Waals surface area contributed by atoms with Gasteiger partial charge in [-0.15, -0.1) is 0 Å². The van der Waals surface area contributed by atoms with Crippen LogP contribution in [0.25, 0.3) is 11.3 Å². The lowest BCUT2D eigenvalue weighted by Gasteiger charge is -2.26. The Morgan fingerprint density at radius 1 is 1.36 bits per heavy atom. The summed E-state index contributed by atoms with van der Waals surface area (Å²) < 4.78 is 10.9. The summed E-state index contributed by atoms with van der Waals surface area (Å²) in [4.78, 5) is 14.2. The highest BCUT2D eigenvalue weighted by Crippen LogP contribution is 2.28. The third-order valence-corrected chi connectivity index (χ3v) is 3.57. The number of hydrogen-bond acceptors (Lipinski definition) is 4. The molecule has 1 amide bonds. The fourth-order valence-electron chi connectivity index (χ4n) is 2.47. The van der Waals surface area contributed by atoms with Gasteiger partial charge in [0, 0.05) is 18.7 Å². The third kappa shape index (κ3) is 2.96. The predicted molar refractivity (Wildman–Crippen MR) is 81.9 cm³/mol. The average molecular weight is 301 g/mol. The summed E-state index contributed by atoms with van der Waals surface area (Å²) in [5.74, 6) is 0.720. The van der Waals surface area contributed by atoms with Gasteiger partial charge in [0.1, 0.15) is 11.4 Å². The van der Waals surface area contributed by atoms with Gasteiger partial charge >= 0.3 is 0 Å². The molecule has 22 heavy (non-hydrogen) atoms. The minimum atomic E-state index is -0.0454. The van der Waals surface area contributed by atoms with Gasteiger partial charge in [0.05, 0.1) is 25.5 Å². The molecule has 0 spiro atoms. The second-order valence-electron chi connectivity index (χ2n) is 5.00. The molecular weight excluding hydrogens is 282 g/mol. The van der Waals surface area contributed by atoms with Crippen LogP contribution in [0.15, 0.2) is 30.3 Å². The summed E-state index contributed by atoms with van der Waals surface area (Å²) in [6.07, 6.45) is 0. The van der Waals surface area contributed by atoms with Crippen molar-refractivity contribution in [2.24, 2.45) is 0 Å². The minimum Gasteiger partial charge on any atom is -0.493 e. The van der Waals surface area contributed by atoms with Crippen LogP contribution in [0, 0.1) is 0 Å². The molecule has 1 aromatic carbocycles. The lowest BCUT2D eigenvalue weighted by molar-refractivity contribution is 0.0299. The third-order valence-electron chi connectivity index (χ3n) is 3.57. The van der Waals surface area contributed by atoms with Crippen molar-refractivity contribution in [2.75, 3.05) is 32.9 Å². The van der Waals surface area contributed by atoms with E-state index in [-0.39, 0.29) is 5.91 Å². The molecule has 2 aromatic rings. The van der Waals surface area contributed by atoms with Crippen molar-refractivity contribution in [2.45, 2.75) is 6.92 Å². The molecule has 1 aromatic heterocycles. The number of benzene rings is 1. The highest BCUT2D eigenvalue weighted by atomic mass is 16.5. The molecule has 116 valence electrons. The van der Waals surface area contributed by atoms with Gasteiger partial charge < -0.3 is 14.4 Å². The topological polar surface area (TPSA) is 67.4 Å². The van der Waals surface area contributed by atoms with E-state index in [1.54, 1.807) is 11.0 Å². The van der Waals surface area contributed by atoms with Crippen LogP contribution in [0.1, 0.15) is 17.4 Å². The first-order valence-electron chi connectivity index (χ1n) is 7.44. The smallest absolute Gasteiger partial charge is 0.272 e. The van der Waals surface area contributed by atoms with Crippen LogP contribution >= 0.6 is 0 Å². The Bertz CT molecular complexity index is 648. The first-order valence-corrected chi connectivity index (χ1v) is 7.44. The maximum atomic E-state index is 12.4. The number of carbonyl (C=O) groups excluding carboxylic acids is 1. The number of morpholine rings is 1. The number of amides is 1. The molecule has 1 aliphatic heterocycles. The largest absolute Gasteiger partial charge is 0.493 e. The molecule has 0 saturated carbocycles. The first kappa shape index (κ1) is 14.6. The predicted octanol–water partition coefficient (Wildman–Crippen LogP) is 1.95. The molecule has 1 N–H and O–H groups in total. The van der Waals surface area contributed by atoms with E-state index in [4.69, 9.17) is 9.47 Å². The Kier molecular flexibility index (Phi) is 4.39. The van der Waals surface area contributed by atoms with Crippen LogP contribution in [-0.4, -0.2) is 53.9 Å². The lowest BCUT2D eigenvalue weighted by atomic mass is 10.1. The average Bonchev–Trinajstić information content (AvgIpc) is 3.05. The van der Waals surface area contributed by atoms with Gasteiger partial charge in [-0.3, -0.25) is 9.89 Å². The Labute approximate surface area is 129 Å². The zero-order valence-corrected chi connectivity index (χ0v) is 12.5. The van der Waals surface area contributed by atoms with Crippen LogP contribution in [0.5, 0.6) is 5.75 Å². The number of H-pyrrole nitrogens is 1. The number of aromatic amines is 1. The maximum absolute atomic E-state index is 12.4. The van der Waals surface area contributed by atoms with Crippen LogP contribution < -0.4 is 4.74 Å². The molecule has 0 aliphatic carbocycles. The normalized spacial score (nSPS) is 14.9. The molecule has 6 heteroatoms. The molecule has 2 heterocycles. The highest BCUT2D eigenvalue weighted by molar-refractivity contribution is 5.93. The molecule has 1 aliphatic rings. The van der Waals surface area contributed by atoms with Crippen molar-refractivity contribution >= 4 is 5.91 Å². The van der Waals surface area contributed by atoms with Crippen molar-refractivity contribution < 1.29 is 14.3 Å². The quantitative estimate of drug-likeness (QED) is 0.937. The fraction of sp³-hybridized carbons (Fsp3) is 0.375. The van der Waals surface area contributed by atoms with Crippen LogP contribution in [0.2, 0.25) is 0 Å². The van der Waals surface area contributed by atoms with Gasteiger partial charge in [0.15, 0.2) is 0 Å². The van der Waals surface area contributed by atoms with E-state index in [0.717, 1.165) is 11.3 Å². The van der Waals surface area contributed by atoms with Gasteiger partial charge in [0.2, 0.25) is 0 Å². The standard InChI is InChI=1S/C16H19N3O3/c1-2-22-15-6-4-3-5-12(15)13-11-14(18-17-13)16(20)19-7-9-21-10-8-19/h3-6,11H,2,7-10H2,1H3,(H,17,18). The second-order valence-corrected chi connectivity index (χ2v) is 5.00. The molecule has 0 unspecified atom stereocenters. The number of ether oxygens (including phenoxy) is 2. The van der Waals surface area contributed by atoms with E-state index in [2.05, 4.69) is 10.2 Å². The van der Waals surface area contributed by atoms with Crippen molar-refractivity contribution in [3.05, 3.63) is 36.0 Å². The Balaban J connectivity index is 1.83. The van der Waals surface area contributed by atoms with E-state index in [9.17, 15) is 4.79 Å². The van der Waals surface area contributed by atoms with Gasteiger partial charge in [-0.1, -0.05) is 12.1 Å². The van der Waals surface area contributed by atoms with E-state index in [1.165, 1.54) is 0 Å². The van der Waals surface area contributed by atoms with Crippen molar-refractivity contribution in [3.63, 3.8) is 0 Å². The Morgan fingerprint density at radius 3 is 2.91 bits per heavy atom. The Morgan fingerprint density at radius 2 is 2.14 bits per heavy atom. The molecule has 0 radical (unpaired) electrons. The minimum absolute atomic E-state index is 0.0454. The number of para-hydroxylation sites is 1. The van der Waals surface area contributed by atoms with E-state index in [0.29, 0.717) is 44.3 Å². The van der Waals surface area contributed by atoms with Gasteiger partial charge in [0.25, 0.3) is 5.91 Å². The molecule has 3 rings (SSSR count). The number of rotatable bonds is 4. The van der Waals surface area contributed by atoms with Crippen molar-refractivity contribution in [1.29, 1.82) is 0 Å². The van der Waals surface area contributed by atoms with Crippen LogP contribution in [-0.2, 0) is 4.74 Å². The number of nitrogens with one attached hydrogen (secondary N) is 1. The van der Waals surface area contributed by atoms with Gasteiger partial charge in [-0.2, -0.15) is 5.10 Å². The number of nitrogens with zero attached hydrogens (tertiary/aromatic N) is 2. The monoisotopic (exact) mass is 301 g/mol. The number of carbonyl (C=O) groups is 1. The summed E-state index contributed by atoms with van der Waals surface area (Å²) in [6, 6.07) is 9.45. The first-order chi connectivity index (χ1) is 10.8. The molecule has 0 atom stereocenters. The van der Waals surface area contributed by atoms with Gasteiger partial charge in [-0.25, -0.2) is 0 Å². The van der Waals surface area contributed by atoms with Crippen LogP contribution in [0.4, 0.5) is 0 Å². The summed E-state index contributed by atoms with van der Waals surface area (Å²) in [5, 5.41) is 7.09. The zero-order valence-electron chi connectivity index (χ0n) is 12.5. The SMILES string of the molecule is CCOc1ccccc1-c1cc(C(=O)N2CCOCC2)[nH]n1. The number of aromatic nitrogens is 2. The maximum Gasteiger partial charge on any atom is 0.272 e. The Hall–Kier alpha value is -2.34. The summed E-state index contributed by atoms with van der Waals surface area (Å²) >= 11 is 0. The summed E-state index contributed by atoms with van der Waals surface area (Å²) in [7, 11) is 0. The summed E-state index contributed by atoms with van der Waals surface area (Å²) in [5.41, 5.74) is 2.07. The van der Waals surface area contributed by atoms with Crippen molar-refractivity contribution in [3.8, 4) is 17.0 Å². The lowest BCUT2D eigenvalue weighted by Crippen LogP contribution is -2.40. The fourth-order valence-corrected chi connectivity index (χ4v) is 2.47. The van der Waals surface area contributed by atoms with E-state index in [1.807, 2.05) is 31.2 Å². The molecule has 6 nitrogen and oxygen atoms in total. The molecular formula is C16H19N3O3.